The molecule has 4 aromatic rings. The minimum Gasteiger partial charge on any atom is -0.411 e. The zero-order valence-corrected chi connectivity index (χ0v) is 17.3. The third-order valence-electron chi connectivity index (χ3n) is 4.91. The molecule has 0 unspecified atom stereocenters. The molecule has 0 aliphatic carbocycles. The van der Waals surface area contributed by atoms with E-state index >= 15 is 0 Å². The van der Waals surface area contributed by atoms with E-state index in [2.05, 4.69) is 20.2 Å². The summed E-state index contributed by atoms with van der Waals surface area (Å²) < 4.78 is 5.79. The summed E-state index contributed by atoms with van der Waals surface area (Å²) in [6.45, 7) is 6.86. The number of carbonyl (C=O) groups is 2. The molecule has 0 aliphatic heterocycles. The lowest BCUT2D eigenvalue weighted by Gasteiger charge is -2.07. The zero-order chi connectivity index (χ0) is 20.7. The molecule has 0 aliphatic rings. The Morgan fingerprint density at radius 2 is 1.93 bits per heavy atom. The summed E-state index contributed by atoms with van der Waals surface area (Å²) in [6.07, 6.45) is 1.83. The number of nitrogens with one attached hydrogen (secondary N) is 2. The van der Waals surface area contributed by atoms with Crippen LogP contribution >= 0.6 is 11.8 Å². The second-order valence-corrected chi connectivity index (χ2v) is 8.22. The second kappa shape index (κ2) is 7.36. The van der Waals surface area contributed by atoms with Crippen molar-refractivity contribution < 1.29 is 14.0 Å². The molecule has 0 bridgehead atoms. The van der Waals surface area contributed by atoms with Crippen molar-refractivity contribution >= 4 is 34.2 Å². The molecule has 0 amide bonds. The highest BCUT2D eigenvalue weighted by Crippen LogP contribution is 2.32. The molecule has 0 fully saturated rings. The number of hydrogen-bond acceptors (Lipinski definition) is 6. The minimum atomic E-state index is -0.456. The Labute approximate surface area is 171 Å². The van der Waals surface area contributed by atoms with Crippen LogP contribution in [-0.2, 0) is 0 Å². The molecule has 8 heteroatoms. The average molecular weight is 408 g/mol. The summed E-state index contributed by atoms with van der Waals surface area (Å²) in [5.74, 6) is 0.223. The Hall–Kier alpha value is -3.13. The highest BCUT2D eigenvalue weighted by Gasteiger charge is 2.26. The fraction of sp³-hybridized carbons (Fsp3) is 0.238. The smallest absolute Gasteiger partial charge is 0.277 e. The van der Waals surface area contributed by atoms with E-state index in [0.717, 1.165) is 16.5 Å². The first-order chi connectivity index (χ1) is 13.9. The molecule has 148 valence electrons. The van der Waals surface area contributed by atoms with Crippen LogP contribution < -0.4 is 0 Å². The summed E-state index contributed by atoms with van der Waals surface area (Å²) >= 11 is 1.20. The van der Waals surface area contributed by atoms with Gasteiger partial charge in [-0.2, -0.15) is 0 Å². The van der Waals surface area contributed by atoms with Crippen molar-refractivity contribution in [3.63, 3.8) is 0 Å². The first-order valence-electron chi connectivity index (χ1n) is 9.17. The number of thioether (sulfide) groups is 1. The van der Waals surface area contributed by atoms with Crippen molar-refractivity contribution in [3.8, 4) is 11.5 Å². The molecule has 3 heterocycles. The first-order valence-corrected chi connectivity index (χ1v) is 10.1. The molecular formula is C21H20N4O3S. The monoisotopic (exact) mass is 408 g/mol. The Morgan fingerprint density at radius 1 is 1.17 bits per heavy atom. The number of rotatable bonds is 6. The van der Waals surface area contributed by atoms with Gasteiger partial charge in [-0.05, 0) is 39.3 Å². The number of H-pyrrole nitrogens is 2. The van der Waals surface area contributed by atoms with Gasteiger partial charge in [0.05, 0.1) is 16.5 Å². The Morgan fingerprint density at radius 3 is 2.66 bits per heavy atom. The van der Waals surface area contributed by atoms with E-state index in [-0.39, 0.29) is 11.6 Å². The molecule has 7 nitrogen and oxygen atoms in total. The number of aryl methyl sites for hydroxylation is 1. The predicted octanol–water partition coefficient (Wildman–Crippen LogP) is 4.73. The topological polar surface area (TPSA) is 105 Å². The van der Waals surface area contributed by atoms with Crippen LogP contribution in [0, 0.1) is 13.8 Å². The SMILES string of the molecule is CC(=O)c1c(C)[nH]c(C(=O)[C@H](C)Sc2nnc(-c3c[nH]c4ccccc34)o2)c1C. The molecule has 0 radical (unpaired) electrons. The maximum Gasteiger partial charge on any atom is 0.277 e. The highest BCUT2D eigenvalue weighted by molar-refractivity contribution is 8.00. The lowest BCUT2D eigenvalue weighted by molar-refractivity contribution is 0.0988. The van der Waals surface area contributed by atoms with Crippen LogP contribution in [0.4, 0.5) is 0 Å². The molecule has 1 aromatic carbocycles. The number of ketones is 2. The van der Waals surface area contributed by atoms with Gasteiger partial charge < -0.3 is 14.4 Å². The van der Waals surface area contributed by atoms with Crippen molar-refractivity contribution in [3.05, 3.63) is 53.0 Å². The van der Waals surface area contributed by atoms with Gasteiger partial charge in [-0.1, -0.05) is 30.0 Å². The van der Waals surface area contributed by atoms with Crippen LogP contribution in [0.25, 0.3) is 22.4 Å². The van der Waals surface area contributed by atoms with Crippen LogP contribution in [-0.4, -0.2) is 37.0 Å². The first kappa shape index (κ1) is 19.2. The number of Topliss-reactive ketones (excluding diaryl/α,β-unsaturated/α-hetero) is 2. The van der Waals surface area contributed by atoms with Crippen molar-refractivity contribution in [1.82, 2.24) is 20.2 Å². The van der Waals surface area contributed by atoms with Gasteiger partial charge in [0.1, 0.15) is 0 Å². The fourth-order valence-electron chi connectivity index (χ4n) is 3.55. The van der Waals surface area contributed by atoms with Crippen molar-refractivity contribution in [2.45, 2.75) is 38.2 Å². The van der Waals surface area contributed by atoms with Gasteiger partial charge >= 0.3 is 0 Å². The number of benzene rings is 1. The van der Waals surface area contributed by atoms with Crippen LogP contribution in [0.3, 0.4) is 0 Å². The molecule has 0 saturated carbocycles. The molecule has 0 spiro atoms. The molecule has 4 rings (SSSR count). The maximum absolute atomic E-state index is 12.9. The molecule has 3 aromatic heterocycles. The van der Waals surface area contributed by atoms with Crippen LogP contribution in [0.5, 0.6) is 0 Å². The van der Waals surface area contributed by atoms with Crippen LogP contribution in [0.15, 0.2) is 40.1 Å². The van der Waals surface area contributed by atoms with Gasteiger partial charge in [0.2, 0.25) is 0 Å². The van der Waals surface area contributed by atoms with E-state index in [1.54, 1.807) is 20.8 Å². The number of fused-ring (bicyclic) bond motifs is 1. The van der Waals surface area contributed by atoms with E-state index in [1.165, 1.54) is 18.7 Å². The lowest BCUT2D eigenvalue weighted by Crippen LogP contribution is -2.15. The third-order valence-corrected chi connectivity index (χ3v) is 5.84. The number of para-hydroxylation sites is 1. The molecular weight excluding hydrogens is 388 g/mol. The number of hydrogen-bond donors (Lipinski definition) is 2. The van der Waals surface area contributed by atoms with E-state index in [9.17, 15) is 9.59 Å². The quantitative estimate of drug-likeness (QED) is 0.353. The highest BCUT2D eigenvalue weighted by atomic mass is 32.2. The molecule has 29 heavy (non-hydrogen) atoms. The van der Waals surface area contributed by atoms with Crippen LogP contribution in [0.2, 0.25) is 0 Å². The Balaban J connectivity index is 1.55. The van der Waals surface area contributed by atoms with Gasteiger partial charge in [0.15, 0.2) is 11.6 Å². The summed E-state index contributed by atoms with van der Waals surface area (Å²) in [5, 5.41) is 9.07. The van der Waals surface area contributed by atoms with Crippen molar-refractivity contribution in [2.75, 3.05) is 0 Å². The van der Waals surface area contributed by atoms with Crippen molar-refractivity contribution in [1.29, 1.82) is 0 Å². The van der Waals surface area contributed by atoms with Crippen LogP contribution in [0.1, 0.15) is 46.0 Å². The summed E-state index contributed by atoms with van der Waals surface area (Å²) in [6, 6.07) is 7.85. The van der Waals surface area contributed by atoms with Gasteiger partial charge in [-0.3, -0.25) is 9.59 Å². The Bertz CT molecular complexity index is 1230. The standard InChI is InChI=1S/C21H20N4O3S/c1-10-17(12(3)26)11(2)23-18(10)19(27)13(4)29-21-25-24-20(28-21)15-9-22-16-8-6-5-7-14(15)16/h5-9,13,22-23H,1-4H3/t13-/m0/s1. The van der Waals surface area contributed by atoms with Crippen molar-refractivity contribution in [2.24, 2.45) is 0 Å². The molecule has 1 atom stereocenters. The average Bonchev–Trinajstić information content (AvgIpc) is 3.38. The number of carbonyl (C=O) groups excluding carboxylic acids is 2. The number of aromatic amines is 2. The second-order valence-electron chi connectivity index (χ2n) is 6.93. The van der Waals surface area contributed by atoms with E-state index in [1.807, 2.05) is 30.5 Å². The maximum atomic E-state index is 12.9. The summed E-state index contributed by atoms with van der Waals surface area (Å²) in [5.41, 5.74) is 4.21. The predicted molar refractivity (Wildman–Crippen MR) is 112 cm³/mol. The van der Waals surface area contributed by atoms with E-state index in [0.29, 0.717) is 33.6 Å². The summed E-state index contributed by atoms with van der Waals surface area (Å²) in [7, 11) is 0. The lowest BCUT2D eigenvalue weighted by atomic mass is 10.0. The van der Waals surface area contributed by atoms with E-state index < -0.39 is 5.25 Å². The third kappa shape index (κ3) is 3.40. The largest absolute Gasteiger partial charge is 0.411 e. The Kier molecular flexibility index (Phi) is 4.87. The fourth-order valence-corrected chi connectivity index (χ4v) is 4.29. The molecule has 2 N–H and O–H groups in total. The van der Waals surface area contributed by atoms with Gasteiger partial charge in [0.25, 0.3) is 11.1 Å². The van der Waals surface area contributed by atoms with E-state index in [4.69, 9.17) is 4.42 Å². The number of aromatic nitrogens is 4. The van der Waals surface area contributed by atoms with Gasteiger partial charge in [-0.15, -0.1) is 10.2 Å². The normalized spacial score (nSPS) is 12.4. The summed E-state index contributed by atoms with van der Waals surface area (Å²) in [4.78, 5) is 31.0. The number of nitrogens with zero attached hydrogens (tertiary/aromatic N) is 2. The van der Waals surface area contributed by atoms with Gasteiger partial charge in [0, 0.05) is 28.4 Å². The minimum absolute atomic E-state index is 0.0594. The molecule has 0 saturated heterocycles. The van der Waals surface area contributed by atoms with Gasteiger partial charge in [-0.25, -0.2) is 0 Å². The zero-order valence-electron chi connectivity index (χ0n) is 16.5.